The van der Waals surface area contributed by atoms with E-state index in [1.54, 1.807) is 0 Å². The minimum absolute atomic E-state index is 0.176. The van der Waals surface area contributed by atoms with Gasteiger partial charge in [-0.2, -0.15) is 0 Å². The molecule has 17 heavy (non-hydrogen) atoms. The number of nitrogens with zero attached hydrogens (tertiary/aromatic N) is 1. The average Bonchev–Trinajstić information content (AvgIpc) is 2.37. The molecule has 0 aromatic heterocycles. The minimum Gasteiger partial charge on any atom is -0.368 e. The van der Waals surface area contributed by atoms with Crippen LogP contribution in [0.3, 0.4) is 0 Å². The number of nitrogens with one attached hydrogen (secondary N) is 1. The van der Waals surface area contributed by atoms with E-state index in [0.717, 1.165) is 45.4 Å². The number of likely N-dealkylation sites (tertiary alicyclic amines) is 1. The van der Waals surface area contributed by atoms with Crippen LogP contribution in [0.1, 0.15) is 32.6 Å². The van der Waals surface area contributed by atoms with Gasteiger partial charge in [-0.25, -0.2) is 0 Å². The summed E-state index contributed by atoms with van der Waals surface area (Å²) in [4.78, 5) is 13.9. The summed E-state index contributed by atoms with van der Waals surface area (Å²) in [5, 5.41) is 3.30. The van der Waals surface area contributed by atoms with Crippen LogP contribution in [0, 0.1) is 5.92 Å². The van der Waals surface area contributed by atoms with Crippen molar-refractivity contribution in [3.8, 4) is 0 Å². The Bertz CT molecular complexity index is 252. The smallest absolute Gasteiger partial charge is 0.248 e. The second kappa shape index (κ2) is 6.36. The monoisotopic (exact) mass is 240 g/mol. The first-order valence-electron chi connectivity index (χ1n) is 6.86. The van der Waals surface area contributed by atoms with E-state index in [9.17, 15) is 4.79 Å². The molecule has 2 heterocycles. The molecule has 0 aliphatic carbocycles. The summed E-state index contributed by atoms with van der Waals surface area (Å²) in [7, 11) is 0. The lowest BCUT2D eigenvalue weighted by Gasteiger charge is -2.31. The van der Waals surface area contributed by atoms with Crippen LogP contribution < -0.4 is 5.32 Å². The Morgan fingerprint density at radius 1 is 1.35 bits per heavy atom. The van der Waals surface area contributed by atoms with Gasteiger partial charge < -0.3 is 15.0 Å². The molecule has 1 amide bonds. The van der Waals surface area contributed by atoms with Crippen LogP contribution in [-0.4, -0.2) is 49.7 Å². The van der Waals surface area contributed by atoms with Crippen molar-refractivity contribution in [2.75, 3.05) is 32.8 Å². The van der Waals surface area contributed by atoms with Crippen LogP contribution in [-0.2, 0) is 9.53 Å². The molecule has 2 rings (SSSR count). The number of rotatable bonds is 3. The van der Waals surface area contributed by atoms with Crippen molar-refractivity contribution < 1.29 is 9.53 Å². The van der Waals surface area contributed by atoms with Gasteiger partial charge in [-0.3, -0.25) is 4.79 Å². The predicted molar refractivity (Wildman–Crippen MR) is 66.8 cm³/mol. The van der Waals surface area contributed by atoms with E-state index in [1.165, 1.54) is 6.42 Å². The third-order valence-corrected chi connectivity index (χ3v) is 3.74. The summed E-state index contributed by atoms with van der Waals surface area (Å²) >= 11 is 0. The summed E-state index contributed by atoms with van der Waals surface area (Å²) in [6, 6.07) is 0. The van der Waals surface area contributed by atoms with Crippen molar-refractivity contribution in [2.45, 2.75) is 38.7 Å². The highest BCUT2D eigenvalue weighted by Crippen LogP contribution is 2.16. The Morgan fingerprint density at radius 2 is 2.12 bits per heavy atom. The van der Waals surface area contributed by atoms with Crippen LogP contribution in [0.4, 0.5) is 0 Å². The van der Waals surface area contributed by atoms with E-state index < -0.39 is 0 Å². The van der Waals surface area contributed by atoms with Gasteiger partial charge in [0.1, 0.15) is 6.61 Å². The molecule has 4 heteroatoms. The molecule has 0 bridgehead atoms. The summed E-state index contributed by atoms with van der Waals surface area (Å²) < 4.78 is 5.70. The van der Waals surface area contributed by atoms with E-state index in [1.807, 2.05) is 4.90 Å². The molecule has 98 valence electrons. The fourth-order valence-electron chi connectivity index (χ4n) is 2.66. The molecule has 0 spiro atoms. The maximum atomic E-state index is 12.0. The Kier molecular flexibility index (Phi) is 4.80. The van der Waals surface area contributed by atoms with Crippen LogP contribution in [0.5, 0.6) is 0 Å². The number of carbonyl (C=O) groups excluding carboxylic acids is 1. The van der Waals surface area contributed by atoms with Gasteiger partial charge in [0, 0.05) is 13.1 Å². The van der Waals surface area contributed by atoms with Gasteiger partial charge in [0.15, 0.2) is 0 Å². The van der Waals surface area contributed by atoms with E-state index >= 15 is 0 Å². The number of carbonyl (C=O) groups is 1. The van der Waals surface area contributed by atoms with Gasteiger partial charge in [-0.1, -0.05) is 6.92 Å². The largest absolute Gasteiger partial charge is 0.368 e. The average molecular weight is 240 g/mol. The van der Waals surface area contributed by atoms with Crippen molar-refractivity contribution in [3.63, 3.8) is 0 Å². The SMILES string of the molecule is CC1CCCN(C(=O)COC2CCNCC2)C1. The third-order valence-electron chi connectivity index (χ3n) is 3.74. The molecule has 2 saturated heterocycles. The highest BCUT2D eigenvalue weighted by atomic mass is 16.5. The van der Waals surface area contributed by atoms with E-state index in [4.69, 9.17) is 4.74 Å². The molecule has 2 aliphatic rings. The van der Waals surface area contributed by atoms with E-state index in [2.05, 4.69) is 12.2 Å². The van der Waals surface area contributed by atoms with Crippen LogP contribution in [0.2, 0.25) is 0 Å². The van der Waals surface area contributed by atoms with Crippen molar-refractivity contribution in [2.24, 2.45) is 5.92 Å². The fourth-order valence-corrected chi connectivity index (χ4v) is 2.66. The second-order valence-electron chi connectivity index (χ2n) is 5.35. The van der Waals surface area contributed by atoms with Gasteiger partial charge in [0.2, 0.25) is 5.91 Å². The number of hydrogen-bond acceptors (Lipinski definition) is 3. The molecule has 2 fully saturated rings. The summed E-state index contributed by atoms with van der Waals surface area (Å²) in [5.74, 6) is 0.821. The summed E-state index contributed by atoms with van der Waals surface area (Å²) in [6.45, 7) is 6.34. The summed E-state index contributed by atoms with van der Waals surface area (Å²) in [6.07, 6.45) is 4.73. The maximum absolute atomic E-state index is 12.0. The molecule has 1 atom stereocenters. The fraction of sp³-hybridized carbons (Fsp3) is 0.923. The molecule has 0 aromatic rings. The van der Waals surface area contributed by atoms with Crippen molar-refractivity contribution in [3.05, 3.63) is 0 Å². The lowest BCUT2D eigenvalue weighted by atomic mass is 10.0. The Hall–Kier alpha value is -0.610. The van der Waals surface area contributed by atoms with E-state index in [0.29, 0.717) is 5.92 Å². The van der Waals surface area contributed by atoms with Gasteiger partial charge in [-0.15, -0.1) is 0 Å². The molecule has 0 aromatic carbocycles. The highest BCUT2D eigenvalue weighted by molar-refractivity contribution is 5.77. The topological polar surface area (TPSA) is 41.6 Å². The van der Waals surface area contributed by atoms with Gasteiger partial charge in [0.05, 0.1) is 6.10 Å². The molecular weight excluding hydrogens is 216 g/mol. The first-order valence-corrected chi connectivity index (χ1v) is 6.86. The molecule has 2 aliphatic heterocycles. The lowest BCUT2D eigenvalue weighted by Crippen LogP contribution is -2.42. The molecular formula is C13H24N2O2. The lowest BCUT2D eigenvalue weighted by molar-refractivity contribution is -0.140. The predicted octanol–water partition coefficient (Wildman–Crippen LogP) is 1.01. The zero-order chi connectivity index (χ0) is 12.1. The number of ether oxygens (including phenoxy) is 1. The number of amides is 1. The number of piperidine rings is 2. The Morgan fingerprint density at radius 3 is 2.82 bits per heavy atom. The normalized spacial score (nSPS) is 27.1. The zero-order valence-corrected chi connectivity index (χ0v) is 10.8. The standard InChI is InChI=1S/C13H24N2O2/c1-11-3-2-8-15(9-11)13(16)10-17-12-4-6-14-7-5-12/h11-12,14H,2-10H2,1H3. The highest BCUT2D eigenvalue weighted by Gasteiger charge is 2.22. The molecule has 1 N–H and O–H groups in total. The zero-order valence-electron chi connectivity index (χ0n) is 10.8. The molecule has 0 radical (unpaired) electrons. The molecule has 1 unspecified atom stereocenters. The van der Waals surface area contributed by atoms with Crippen LogP contribution in [0.25, 0.3) is 0 Å². The minimum atomic E-state index is 0.176. The first kappa shape index (κ1) is 12.8. The van der Waals surface area contributed by atoms with Gasteiger partial charge >= 0.3 is 0 Å². The summed E-state index contributed by atoms with van der Waals surface area (Å²) in [5.41, 5.74) is 0. The van der Waals surface area contributed by atoms with Gasteiger partial charge in [0.25, 0.3) is 0 Å². The number of hydrogen-bond donors (Lipinski definition) is 1. The van der Waals surface area contributed by atoms with Crippen molar-refractivity contribution in [1.29, 1.82) is 0 Å². The molecule has 0 saturated carbocycles. The third kappa shape index (κ3) is 3.96. The van der Waals surface area contributed by atoms with Gasteiger partial charge in [-0.05, 0) is 44.7 Å². The second-order valence-corrected chi connectivity index (χ2v) is 5.35. The van der Waals surface area contributed by atoms with E-state index in [-0.39, 0.29) is 18.6 Å². The first-order chi connectivity index (χ1) is 8.25. The van der Waals surface area contributed by atoms with Crippen molar-refractivity contribution >= 4 is 5.91 Å². The maximum Gasteiger partial charge on any atom is 0.248 e. The van der Waals surface area contributed by atoms with Crippen LogP contribution in [0.15, 0.2) is 0 Å². The Labute approximate surface area is 104 Å². The molecule has 4 nitrogen and oxygen atoms in total. The quantitative estimate of drug-likeness (QED) is 0.800. The van der Waals surface area contributed by atoms with Crippen LogP contribution >= 0.6 is 0 Å². The Balaban J connectivity index is 1.69. The van der Waals surface area contributed by atoms with Crippen molar-refractivity contribution in [1.82, 2.24) is 10.2 Å².